The van der Waals surface area contributed by atoms with E-state index in [2.05, 4.69) is 10.3 Å². The Morgan fingerprint density at radius 2 is 1.87 bits per heavy atom. The van der Waals surface area contributed by atoms with Gasteiger partial charge in [0.2, 0.25) is 0 Å². The Kier molecular flexibility index (Phi) is 5.67. The van der Waals surface area contributed by atoms with Crippen molar-refractivity contribution in [3.63, 3.8) is 0 Å². The highest BCUT2D eigenvalue weighted by Gasteiger charge is 2.30. The molecule has 1 saturated carbocycles. The molecule has 0 bridgehead atoms. The van der Waals surface area contributed by atoms with E-state index < -0.39 is 23.5 Å². The minimum atomic E-state index is -0.726. The fourth-order valence-electron chi connectivity index (χ4n) is 3.73. The number of fused-ring (bicyclic) bond motifs is 1. The average Bonchev–Trinajstić information content (AvgIpc) is 3.04. The highest BCUT2D eigenvalue weighted by atomic mass is 19.1. The molecule has 1 aliphatic rings. The lowest BCUT2D eigenvalue weighted by Gasteiger charge is -2.34. The summed E-state index contributed by atoms with van der Waals surface area (Å²) < 4.78 is 51.9. The second-order valence-electron chi connectivity index (χ2n) is 7.35. The number of amides is 1. The van der Waals surface area contributed by atoms with Gasteiger partial charge in [0, 0.05) is 36.7 Å². The van der Waals surface area contributed by atoms with Crippen molar-refractivity contribution in [3.8, 4) is 11.3 Å². The van der Waals surface area contributed by atoms with E-state index in [1.54, 1.807) is 19.2 Å². The van der Waals surface area contributed by atoms with E-state index in [-0.39, 0.29) is 30.7 Å². The molecule has 0 radical (unpaired) electrons. The molecule has 5 nitrogen and oxygen atoms in total. The number of halogens is 3. The van der Waals surface area contributed by atoms with Crippen LogP contribution in [0.5, 0.6) is 0 Å². The maximum atomic E-state index is 14.3. The number of carbonyl (C=O) groups excluding carboxylic acids is 1. The molecule has 3 aromatic rings. The third-order valence-electron chi connectivity index (χ3n) is 5.40. The lowest BCUT2D eigenvalue weighted by Crippen LogP contribution is -2.47. The highest BCUT2D eigenvalue weighted by molar-refractivity contribution is 5.91. The number of rotatable bonds is 6. The molecule has 1 aliphatic carbocycles. The van der Waals surface area contributed by atoms with Gasteiger partial charge in [-0.3, -0.25) is 0 Å². The van der Waals surface area contributed by atoms with Crippen molar-refractivity contribution in [3.05, 3.63) is 59.4 Å². The molecule has 0 unspecified atom stereocenters. The van der Waals surface area contributed by atoms with Crippen molar-refractivity contribution < 1.29 is 27.4 Å². The lowest BCUT2D eigenvalue weighted by molar-refractivity contribution is 0.0166. The van der Waals surface area contributed by atoms with Gasteiger partial charge in [0.1, 0.15) is 17.5 Å². The van der Waals surface area contributed by atoms with Crippen molar-refractivity contribution in [1.82, 2.24) is 10.3 Å². The van der Waals surface area contributed by atoms with Crippen LogP contribution in [0, 0.1) is 17.5 Å². The fourth-order valence-corrected chi connectivity index (χ4v) is 3.73. The van der Waals surface area contributed by atoms with Gasteiger partial charge in [-0.25, -0.2) is 18.0 Å². The zero-order valence-corrected chi connectivity index (χ0v) is 16.3. The molecule has 158 valence electrons. The van der Waals surface area contributed by atoms with E-state index in [1.165, 1.54) is 18.2 Å². The molecule has 1 aromatic heterocycles. The minimum absolute atomic E-state index is 0.0194. The summed E-state index contributed by atoms with van der Waals surface area (Å²) in [4.78, 5) is 15.0. The zero-order chi connectivity index (χ0) is 21.3. The highest BCUT2D eigenvalue weighted by Crippen LogP contribution is 2.33. The second-order valence-corrected chi connectivity index (χ2v) is 7.35. The predicted molar refractivity (Wildman–Crippen MR) is 106 cm³/mol. The van der Waals surface area contributed by atoms with Gasteiger partial charge in [0.25, 0.3) is 0 Å². The van der Waals surface area contributed by atoms with Crippen molar-refractivity contribution in [2.75, 3.05) is 13.7 Å². The predicted octanol–water partition coefficient (Wildman–Crippen LogP) is 4.70. The summed E-state index contributed by atoms with van der Waals surface area (Å²) in [6, 6.07) is 7.73. The summed E-state index contributed by atoms with van der Waals surface area (Å²) in [6.45, 7) is 0.0194. The van der Waals surface area contributed by atoms with Crippen molar-refractivity contribution in [1.29, 1.82) is 0 Å². The van der Waals surface area contributed by atoms with Crippen molar-refractivity contribution in [2.24, 2.45) is 0 Å². The number of hydrogen-bond donors (Lipinski definition) is 2. The molecule has 0 atom stereocenters. The first-order valence-electron chi connectivity index (χ1n) is 9.66. The molecule has 1 heterocycles. The van der Waals surface area contributed by atoms with Crippen LogP contribution in [0.25, 0.3) is 22.2 Å². The second kappa shape index (κ2) is 8.39. The van der Waals surface area contributed by atoms with Gasteiger partial charge in [-0.15, -0.1) is 0 Å². The van der Waals surface area contributed by atoms with E-state index >= 15 is 0 Å². The maximum absolute atomic E-state index is 14.3. The maximum Gasteiger partial charge on any atom is 0.407 e. The van der Waals surface area contributed by atoms with Gasteiger partial charge >= 0.3 is 6.09 Å². The molecule has 2 N–H and O–H groups in total. The summed E-state index contributed by atoms with van der Waals surface area (Å²) in [5, 5.41) is 3.12. The lowest BCUT2D eigenvalue weighted by atomic mass is 9.89. The zero-order valence-electron chi connectivity index (χ0n) is 16.3. The van der Waals surface area contributed by atoms with Gasteiger partial charge in [-0.05, 0) is 54.3 Å². The Balaban J connectivity index is 1.52. The molecule has 1 fully saturated rings. The monoisotopic (exact) mass is 418 g/mol. The Morgan fingerprint density at radius 3 is 2.57 bits per heavy atom. The summed E-state index contributed by atoms with van der Waals surface area (Å²) >= 11 is 0. The first-order valence-corrected chi connectivity index (χ1v) is 9.66. The number of hydrogen-bond acceptors (Lipinski definition) is 3. The molecule has 0 aliphatic heterocycles. The van der Waals surface area contributed by atoms with Crippen LogP contribution in [0.2, 0.25) is 0 Å². The van der Waals surface area contributed by atoms with Gasteiger partial charge in [-0.2, -0.15) is 0 Å². The Bertz CT molecular complexity index is 1060. The molecule has 30 heavy (non-hydrogen) atoms. The number of H-pyrrole nitrogens is 1. The number of benzene rings is 2. The Morgan fingerprint density at radius 1 is 1.13 bits per heavy atom. The molecule has 1 amide bonds. The fraction of sp³-hybridized carbons (Fsp3) is 0.318. The van der Waals surface area contributed by atoms with Crippen LogP contribution >= 0.6 is 0 Å². The third-order valence-corrected chi connectivity index (χ3v) is 5.40. The average molecular weight is 418 g/mol. The van der Waals surface area contributed by atoms with E-state index in [0.717, 1.165) is 18.9 Å². The minimum Gasteiger partial charge on any atom is -0.449 e. The topological polar surface area (TPSA) is 63.4 Å². The molecule has 8 heteroatoms. The summed E-state index contributed by atoms with van der Waals surface area (Å²) in [5.74, 6) is -1.83. The normalized spacial score (nSPS) is 18.3. The Labute approximate surface area is 171 Å². The largest absolute Gasteiger partial charge is 0.449 e. The van der Waals surface area contributed by atoms with E-state index in [0.29, 0.717) is 22.2 Å². The number of methoxy groups -OCH3 is 1. The smallest absolute Gasteiger partial charge is 0.407 e. The standard InChI is InChI=1S/C22H21F3N2O3/c1-29-16-10-15(11-16)26-22(28)30-7-6-17-18-8-14(24)9-19(25)21(18)27-20(17)12-2-4-13(23)5-3-12/h2-5,8-9,15-16,27H,6-7,10-11H2,1H3,(H,26,28). The molecule has 4 rings (SSSR count). The van der Waals surface area contributed by atoms with Gasteiger partial charge < -0.3 is 19.8 Å². The number of nitrogens with one attached hydrogen (secondary N) is 2. The van der Waals surface area contributed by atoms with Crippen LogP contribution in [0.15, 0.2) is 36.4 Å². The Hall–Kier alpha value is -3.00. The SMILES string of the molecule is COC1CC(NC(=O)OCCc2c(-c3ccc(F)cc3)[nH]c3c(F)cc(F)cc23)C1. The summed E-state index contributed by atoms with van der Waals surface area (Å²) in [6.07, 6.45) is 1.32. The number of aromatic amines is 1. The van der Waals surface area contributed by atoms with E-state index in [9.17, 15) is 18.0 Å². The number of ether oxygens (including phenoxy) is 2. The van der Waals surface area contributed by atoms with E-state index in [4.69, 9.17) is 9.47 Å². The van der Waals surface area contributed by atoms with Gasteiger partial charge in [0.15, 0.2) is 0 Å². The molecular formula is C22H21F3N2O3. The quantitative estimate of drug-likeness (QED) is 0.610. The van der Waals surface area contributed by atoms with Gasteiger partial charge in [-0.1, -0.05) is 0 Å². The summed E-state index contributed by atoms with van der Waals surface area (Å²) in [7, 11) is 1.63. The molecule has 0 spiro atoms. The first kappa shape index (κ1) is 20.3. The number of aromatic nitrogens is 1. The first-order chi connectivity index (χ1) is 14.4. The van der Waals surface area contributed by atoms with Crippen LogP contribution < -0.4 is 5.32 Å². The molecule has 2 aromatic carbocycles. The van der Waals surface area contributed by atoms with Crippen molar-refractivity contribution in [2.45, 2.75) is 31.4 Å². The molecule has 0 saturated heterocycles. The third kappa shape index (κ3) is 4.14. The molecular weight excluding hydrogens is 397 g/mol. The van der Waals surface area contributed by atoms with E-state index in [1.807, 2.05) is 0 Å². The van der Waals surface area contributed by atoms with Crippen LogP contribution in [0.1, 0.15) is 18.4 Å². The van der Waals surface area contributed by atoms with Crippen LogP contribution in [-0.2, 0) is 15.9 Å². The number of alkyl carbamates (subject to hydrolysis) is 1. The number of carbonyl (C=O) groups is 1. The van der Waals surface area contributed by atoms with Crippen LogP contribution in [0.3, 0.4) is 0 Å². The van der Waals surface area contributed by atoms with Crippen molar-refractivity contribution >= 4 is 17.0 Å². The van der Waals surface area contributed by atoms with Gasteiger partial charge in [0.05, 0.1) is 18.2 Å². The van der Waals surface area contributed by atoms with Crippen LogP contribution in [0.4, 0.5) is 18.0 Å². The summed E-state index contributed by atoms with van der Waals surface area (Å²) in [5.41, 5.74) is 1.88. The van der Waals surface area contributed by atoms with Crippen LogP contribution in [-0.4, -0.2) is 36.9 Å².